The zero-order valence-electron chi connectivity index (χ0n) is 16.5. The van der Waals surface area contributed by atoms with Gasteiger partial charge in [0, 0.05) is 23.7 Å². The molecule has 3 aromatic carbocycles. The van der Waals surface area contributed by atoms with Crippen molar-refractivity contribution in [2.75, 3.05) is 5.75 Å². The number of carbonyl (C=O) groups is 1. The number of nitrogens with one attached hydrogen (secondary N) is 1. The fourth-order valence-electron chi connectivity index (χ4n) is 3.73. The largest absolute Gasteiger partial charge is 0.348 e. The highest BCUT2D eigenvalue weighted by Gasteiger charge is 2.45. The van der Waals surface area contributed by atoms with Crippen LogP contribution < -0.4 is 5.32 Å². The van der Waals surface area contributed by atoms with Gasteiger partial charge in [-0.05, 0) is 42.0 Å². The predicted molar refractivity (Wildman–Crippen MR) is 112 cm³/mol. The molecule has 32 heavy (non-hydrogen) atoms. The predicted octanol–water partition coefficient (Wildman–Crippen LogP) is 3.20. The minimum absolute atomic E-state index is 0.0569. The van der Waals surface area contributed by atoms with Gasteiger partial charge >= 0.3 is 0 Å². The van der Waals surface area contributed by atoms with E-state index in [0.29, 0.717) is 6.07 Å². The number of hydrogen-bond acceptors (Lipinski definition) is 5. The Kier molecular flexibility index (Phi) is 5.59. The summed E-state index contributed by atoms with van der Waals surface area (Å²) in [5.74, 6) is -3.05. The minimum atomic E-state index is -4.12. The lowest BCUT2D eigenvalue weighted by Gasteiger charge is -2.15. The standard InChI is InChI=1S/C22H17F2NO5S2/c23-15-9-14(10-16(24)11-15)12-25-22(26)18-7-4-8-19-21(18)20(13-31(19,27)28)32(29,30)17-5-2-1-3-6-17/h1-11,20H,12-13H2,(H,25,26). The van der Waals surface area contributed by atoms with Gasteiger partial charge in [0.15, 0.2) is 19.7 Å². The van der Waals surface area contributed by atoms with Gasteiger partial charge in [-0.2, -0.15) is 0 Å². The number of fused-ring (bicyclic) bond motifs is 1. The molecule has 1 amide bonds. The number of amides is 1. The number of hydrogen-bond donors (Lipinski definition) is 1. The van der Waals surface area contributed by atoms with Gasteiger partial charge in [-0.25, -0.2) is 25.6 Å². The second-order valence-electron chi connectivity index (χ2n) is 7.31. The van der Waals surface area contributed by atoms with E-state index < -0.39 is 48.2 Å². The molecule has 0 fully saturated rings. The van der Waals surface area contributed by atoms with Crippen molar-refractivity contribution >= 4 is 25.6 Å². The Morgan fingerprint density at radius 1 is 0.969 bits per heavy atom. The summed E-state index contributed by atoms with van der Waals surface area (Å²) in [6.07, 6.45) is 0. The first kappa shape index (κ1) is 22.1. The average Bonchev–Trinajstić information content (AvgIpc) is 3.04. The van der Waals surface area contributed by atoms with E-state index in [-0.39, 0.29) is 33.0 Å². The summed E-state index contributed by atoms with van der Waals surface area (Å²) >= 11 is 0. The maximum absolute atomic E-state index is 13.4. The van der Waals surface area contributed by atoms with Crippen LogP contribution in [0.1, 0.15) is 26.7 Å². The monoisotopic (exact) mass is 477 g/mol. The Morgan fingerprint density at radius 2 is 1.62 bits per heavy atom. The number of carbonyl (C=O) groups excluding carboxylic acids is 1. The Hall–Kier alpha value is -3.11. The molecule has 1 aliphatic rings. The molecule has 1 unspecified atom stereocenters. The molecule has 0 bridgehead atoms. The zero-order valence-corrected chi connectivity index (χ0v) is 18.1. The van der Waals surface area contributed by atoms with Crippen LogP contribution in [0.5, 0.6) is 0 Å². The van der Waals surface area contributed by atoms with Gasteiger partial charge < -0.3 is 5.32 Å². The Bertz CT molecular complexity index is 1400. The van der Waals surface area contributed by atoms with E-state index in [9.17, 15) is 30.4 Å². The number of halogens is 2. The molecule has 1 heterocycles. The van der Waals surface area contributed by atoms with E-state index in [0.717, 1.165) is 12.1 Å². The summed E-state index contributed by atoms with van der Waals surface area (Å²) in [6.45, 7) is -0.236. The van der Waals surface area contributed by atoms with Crippen molar-refractivity contribution < 1.29 is 30.4 Å². The van der Waals surface area contributed by atoms with Crippen LogP contribution >= 0.6 is 0 Å². The lowest BCUT2D eigenvalue weighted by Crippen LogP contribution is -2.26. The van der Waals surface area contributed by atoms with Crippen LogP contribution in [0.2, 0.25) is 0 Å². The van der Waals surface area contributed by atoms with Crippen molar-refractivity contribution in [1.29, 1.82) is 0 Å². The van der Waals surface area contributed by atoms with Crippen LogP contribution in [0.4, 0.5) is 8.78 Å². The van der Waals surface area contributed by atoms with E-state index in [1.165, 1.54) is 42.5 Å². The van der Waals surface area contributed by atoms with Gasteiger partial charge in [0.25, 0.3) is 5.91 Å². The highest BCUT2D eigenvalue weighted by atomic mass is 32.2. The normalized spacial score (nSPS) is 17.0. The molecule has 10 heteroatoms. The molecule has 0 aliphatic carbocycles. The van der Waals surface area contributed by atoms with Crippen molar-refractivity contribution in [1.82, 2.24) is 5.32 Å². The fraction of sp³-hybridized carbons (Fsp3) is 0.136. The van der Waals surface area contributed by atoms with E-state index in [4.69, 9.17) is 0 Å². The third-order valence-electron chi connectivity index (χ3n) is 5.16. The summed E-state index contributed by atoms with van der Waals surface area (Å²) in [5.41, 5.74) is -0.0614. The average molecular weight is 478 g/mol. The molecule has 0 saturated heterocycles. The first-order chi connectivity index (χ1) is 15.1. The van der Waals surface area contributed by atoms with E-state index >= 15 is 0 Å². The molecule has 0 radical (unpaired) electrons. The molecule has 6 nitrogen and oxygen atoms in total. The highest BCUT2D eigenvalue weighted by molar-refractivity contribution is 7.96. The van der Waals surface area contributed by atoms with Gasteiger partial charge in [0.05, 0.1) is 15.5 Å². The van der Waals surface area contributed by atoms with Crippen LogP contribution in [0.25, 0.3) is 0 Å². The topological polar surface area (TPSA) is 97.4 Å². The Balaban J connectivity index is 1.73. The zero-order chi connectivity index (χ0) is 23.1. The van der Waals surface area contributed by atoms with E-state index in [1.54, 1.807) is 6.07 Å². The molecule has 1 atom stereocenters. The molecular weight excluding hydrogens is 460 g/mol. The maximum Gasteiger partial charge on any atom is 0.251 e. The van der Waals surface area contributed by atoms with Crippen molar-refractivity contribution in [3.8, 4) is 0 Å². The summed E-state index contributed by atoms with van der Waals surface area (Å²) in [4.78, 5) is 12.6. The van der Waals surface area contributed by atoms with Crippen LogP contribution in [-0.4, -0.2) is 28.5 Å². The SMILES string of the molecule is O=C(NCc1cc(F)cc(F)c1)c1cccc2c1C(S(=O)(=O)c1ccccc1)CS2(=O)=O. The summed E-state index contributed by atoms with van der Waals surface area (Å²) < 4.78 is 78.6. The van der Waals surface area contributed by atoms with E-state index in [1.807, 2.05) is 0 Å². The molecule has 1 aliphatic heterocycles. The second kappa shape index (κ2) is 8.10. The van der Waals surface area contributed by atoms with Crippen molar-refractivity contribution in [2.24, 2.45) is 0 Å². The van der Waals surface area contributed by atoms with Crippen molar-refractivity contribution in [3.05, 3.63) is 95.1 Å². The summed E-state index contributed by atoms with van der Waals surface area (Å²) in [5, 5.41) is 1.02. The molecule has 3 aromatic rings. The van der Waals surface area contributed by atoms with Crippen molar-refractivity contribution in [2.45, 2.75) is 21.6 Å². The van der Waals surface area contributed by atoms with Gasteiger partial charge in [-0.15, -0.1) is 0 Å². The van der Waals surface area contributed by atoms with Gasteiger partial charge in [-0.1, -0.05) is 24.3 Å². The van der Waals surface area contributed by atoms with Crippen LogP contribution in [0.3, 0.4) is 0 Å². The lowest BCUT2D eigenvalue weighted by atomic mass is 10.0. The molecular formula is C22H17F2NO5S2. The number of sulfone groups is 2. The van der Waals surface area contributed by atoms with Crippen molar-refractivity contribution in [3.63, 3.8) is 0 Å². The van der Waals surface area contributed by atoms with Crippen LogP contribution in [0.15, 0.2) is 76.5 Å². The van der Waals surface area contributed by atoms with Crippen LogP contribution in [0, 0.1) is 11.6 Å². The van der Waals surface area contributed by atoms with E-state index in [2.05, 4.69) is 5.32 Å². The minimum Gasteiger partial charge on any atom is -0.348 e. The summed E-state index contributed by atoms with van der Waals surface area (Å²) in [7, 11) is -8.05. The molecule has 0 aromatic heterocycles. The fourth-order valence-corrected chi connectivity index (χ4v) is 8.10. The van der Waals surface area contributed by atoms with Gasteiger partial charge in [-0.3, -0.25) is 4.79 Å². The first-order valence-electron chi connectivity index (χ1n) is 9.47. The Morgan fingerprint density at radius 3 is 2.28 bits per heavy atom. The van der Waals surface area contributed by atoms with Gasteiger partial charge in [0.1, 0.15) is 16.9 Å². The lowest BCUT2D eigenvalue weighted by molar-refractivity contribution is 0.0949. The van der Waals surface area contributed by atoms with Gasteiger partial charge in [0.2, 0.25) is 0 Å². The third-order valence-corrected chi connectivity index (χ3v) is 9.25. The smallest absolute Gasteiger partial charge is 0.251 e. The quantitative estimate of drug-likeness (QED) is 0.609. The molecule has 4 rings (SSSR count). The molecule has 166 valence electrons. The molecule has 1 N–H and O–H groups in total. The molecule has 0 saturated carbocycles. The maximum atomic E-state index is 13.4. The van der Waals surface area contributed by atoms with Crippen LogP contribution in [-0.2, 0) is 26.2 Å². The Labute approximate surface area is 183 Å². The first-order valence-corrected chi connectivity index (χ1v) is 12.7. The third kappa shape index (κ3) is 4.03. The second-order valence-corrected chi connectivity index (χ2v) is 11.4. The number of benzene rings is 3. The highest BCUT2D eigenvalue weighted by Crippen LogP contribution is 2.42. The summed E-state index contributed by atoms with van der Waals surface area (Å²) in [6, 6.07) is 14.1. The molecule has 0 spiro atoms. The number of rotatable bonds is 5.